The number of likely N-dealkylation sites (tertiary alicyclic amines) is 1. The fourth-order valence-corrected chi connectivity index (χ4v) is 5.27. The molecule has 10 heteroatoms. The molecule has 1 saturated heterocycles. The Labute approximate surface area is 204 Å². The number of carbonyl (C=O) groups excluding carboxylic acids is 2. The highest BCUT2D eigenvalue weighted by Gasteiger charge is 2.27. The van der Waals surface area contributed by atoms with Gasteiger partial charge in [-0.2, -0.15) is 0 Å². The number of nitrogens with zero attached hydrogens (tertiary/aromatic N) is 3. The first-order valence-corrected chi connectivity index (χ1v) is 12.1. The first-order valence-electron chi connectivity index (χ1n) is 11.3. The molecule has 0 bridgehead atoms. The van der Waals surface area contributed by atoms with Crippen molar-refractivity contribution in [3.63, 3.8) is 0 Å². The lowest BCUT2D eigenvalue weighted by Crippen LogP contribution is -2.41. The van der Waals surface area contributed by atoms with E-state index in [1.807, 2.05) is 42.5 Å². The third kappa shape index (κ3) is 5.13. The number of carbonyl (C=O) groups is 2. The molecular weight excluding hydrogens is 466 g/mol. The van der Waals surface area contributed by atoms with Crippen molar-refractivity contribution in [2.24, 2.45) is 5.92 Å². The first kappa shape index (κ1) is 22.9. The third-order valence-electron chi connectivity index (χ3n) is 6.20. The molecule has 35 heavy (non-hydrogen) atoms. The van der Waals surface area contributed by atoms with Crippen LogP contribution in [0.15, 0.2) is 60.7 Å². The Morgan fingerprint density at radius 2 is 1.83 bits per heavy atom. The van der Waals surface area contributed by atoms with Crippen molar-refractivity contribution in [2.75, 3.05) is 30.3 Å². The molecule has 0 unspecified atom stereocenters. The summed E-state index contributed by atoms with van der Waals surface area (Å²) in [6.07, 6.45) is 1.29. The number of thiazole rings is 1. The fourth-order valence-electron chi connectivity index (χ4n) is 4.37. The van der Waals surface area contributed by atoms with Crippen LogP contribution in [-0.4, -0.2) is 46.3 Å². The minimum Gasteiger partial charge on any atom is -0.324 e. The van der Waals surface area contributed by atoms with Gasteiger partial charge in [-0.25, -0.2) is 4.98 Å². The van der Waals surface area contributed by atoms with Crippen molar-refractivity contribution >= 4 is 60.6 Å². The van der Waals surface area contributed by atoms with E-state index >= 15 is 0 Å². The zero-order valence-electron chi connectivity index (χ0n) is 18.8. The van der Waals surface area contributed by atoms with Crippen molar-refractivity contribution in [1.29, 1.82) is 0 Å². The number of fused-ring (bicyclic) bond motifs is 2. The monoisotopic (exact) mass is 489 g/mol. The van der Waals surface area contributed by atoms with Gasteiger partial charge < -0.3 is 10.6 Å². The van der Waals surface area contributed by atoms with Crippen LogP contribution in [0, 0.1) is 16.0 Å². The molecule has 2 heterocycles. The molecule has 4 aromatic rings. The molecule has 0 spiro atoms. The lowest BCUT2D eigenvalue weighted by molar-refractivity contribution is -0.384. The van der Waals surface area contributed by atoms with Crippen LogP contribution < -0.4 is 10.6 Å². The van der Waals surface area contributed by atoms with E-state index in [0.717, 1.165) is 16.5 Å². The van der Waals surface area contributed by atoms with E-state index in [0.29, 0.717) is 41.3 Å². The van der Waals surface area contributed by atoms with E-state index in [9.17, 15) is 19.7 Å². The summed E-state index contributed by atoms with van der Waals surface area (Å²) in [4.78, 5) is 42.3. The van der Waals surface area contributed by atoms with Crippen molar-refractivity contribution in [3.8, 4) is 0 Å². The summed E-state index contributed by atoms with van der Waals surface area (Å²) in [5.74, 6) is -0.361. The van der Waals surface area contributed by atoms with Crippen LogP contribution in [0.4, 0.5) is 16.5 Å². The third-order valence-corrected chi connectivity index (χ3v) is 7.14. The summed E-state index contributed by atoms with van der Waals surface area (Å²) in [7, 11) is 0. The topological polar surface area (TPSA) is 117 Å². The normalized spacial score (nSPS) is 14.7. The van der Waals surface area contributed by atoms with Crippen LogP contribution in [0.25, 0.3) is 21.0 Å². The molecule has 1 aromatic heterocycles. The molecule has 0 saturated carbocycles. The Bertz CT molecular complexity index is 1420. The second-order valence-corrected chi connectivity index (χ2v) is 9.57. The molecule has 1 aliphatic heterocycles. The van der Waals surface area contributed by atoms with Gasteiger partial charge in [0, 0.05) is 29.1 Å². The molecule has 178 valence electrons. The highest BCUT2D eigenvalue weighted by Crippen LogP contribution is 2.30. The number of nitro groups is 1. The predicted octanol–water partition coefficient (Wildman–Crippen LogP) is 4.65. The highest BCUT2D eigenvalue weighted by atomic mass is 32.1. The zero-order chi connectivity index (χ0) is 24.4. The number of piperidine rings is 1. The van der Waals surface area contributed by atoms with Gasteiger partial charge in [0.2, 0.25) is 11.8 Å². The molecule has 1 fully saturated rings. The van der Waals surface area contributed by atoms with E-state index in [2.05, 4.69) is 20.5 Å². The standard InChI is InChI=1S/C25H23N5O4S/c31-23(26-20-7-3-5-16-4-1-2-6-19(16)20)15-29-12-10-17(11-13-29)24(32)28-25-27-21-9-8-18(30(33)34)14-22(21)35-25/h1-9,14,17H,10-13,15H2,(H,26,31)(H,27,28,32). The summed E-state index contributed by atoms with van der Waals surface area (Å²) >= 11 is 1.22. The molecule has 0 radical (unpaired) electrons. The molecule has 2 N–H and O–H groups in total. The number of rotatable bonds is 6. The second kappa shape index (κ2) is 9.77. The van der Waals surface area contributed by atoms with Crippen LogP contribution in [0.3, 0.4) is 0 Å². The van der Waals surface area contributed by atoms with Crippen molar-refractivity contribution in [2.45, 2.75) is 12.8 Å². The number of anilines is 2. The maximum Gasteiger partial charge on any atom is 0.270 e. The van der Waals surface area contributed by atoms with Gasteiger partial charge in [0.1, 0.15) is 0 Å². The average Bonchev–Trinajstić information content (AvgIpc) is 3.26. The van der Waals surface area contributed by atoms with Crippen LogP contribution >= 0.6 is 11.3 Å². The molecule has 0 atom stereocenters. The Balaban J connectivity index is 1.14. The van der Waals surface area contributed by atoms with E-state index in [1.165, 1.54) is 23.5 Å². The fraction of sp³-hybridized carbons (Fsp3) is 0.240. The van der Waals surface area contributed by atoms with Gasteiger partial charge in [0.25, 0.3) is 5.69 Å². The van der Waals surface area contributed by atoms with E-state index in [1.54, 1.807) is 6.07 Å². The smallest absolute Gasteiger partial charge is 0.270 e. The number of nitrogens with one attached hydrogen (secondary N) is 2. The van der Waals surface area contributed by atoms with Gasteiger partial charge in [-0.15, -0.1) is 0 Å². The number of hydrogen-bond acceptors (Lipinski definition) is 7. The van der Waals surface area contributed by atoms with Crippen LogP contribution in [0.2, 0.25) is 0 Å². The van der Waals surface area contributed by atoms with Crippen LogP contribution in [0.5, 0.6) is 0 Å². The number of aromatic nitrogens is 1. The van der Waals surface area contributed by atoms with Crippen LogP contribution in [0.1, 0.15) is 12.8 Å². The van der Waals surface area contributed by atoms with Gasteiger partial charge in [-0.1, -0.05) is 47.7 Å². The predicted molar refractivity (Wildman–Crippen MR) is 137 cm³/mol. The molecular formula is C25H23N5O4S. The molecule has 3 aromatic carbocycles. The van der Waals surface area contributed by atoms with Gasteiger partial charge in [-0.3, -0.25) is 24.6 Å². The maximum atomic E-state index is 12.8. The molecule has 0 aliphatic carbocycles. The van der Waals surface area contributed by atoms with Gasteiger partial charge in [-0.05, 0) is 43.5 Å². The maximum absolute atomic E-state index is 12.8. The van der Waals surface area contributed by atoms with Gasteiger partial charge in [0.05, 0.1) is 21.7 Å². The van der Waals surface area contributed by atoms with Crippen molar-refractivity contribution in [3.05, 3.63) is 70.8 Å². The molecule has 5 rings (SSSR count). The number of nitro benzene ring substituents is 1. The minimum atomic E-state index is -0.451. The Kier molecular flexibility index (Phi) is 6.39. The van der Waals surface area contributed by atoms with E-state index in [-0.39, 0.29) is 30.0 Å². The summed E-state index contributed by atoms with van der Waals surface area (Å²) in [5.41, 5.74) is 1.40. The van der Waals surface area contributed by atoms with Crippen LogP contribution in [-0.2, 0) is 9.59 Å². The Morgan fingerprint density at radius 3 is 2.63 bits per heavy atom. The number of amides is 2. The molecule has 2 amide bonds. The summed E-state index contributed by atoms with van der Waals surface area (Å²) < 4.78 is 0.654. The highest BCUT2D eigenvalue weighted by molar-refractivity contribution is 7.22. The summed E-state index contributed by atoms with van der Waals surface area (Å²) in [6.45, 7) is 1.56. The van der Waals surface area contributed by atoms with Crippen molar-refractivity contribution in [1.82, 2.24) is 9.88 Å². The van der Waals surface area contributed by atoms with Gasteiger partial charge in [0.15, 0.2) is 5.13 Å². The van der Waals surface area contributed by atoms with E-state index < -0.39 is 4.92 Å². The van der Waals surface area contributed by atoms with Gasteiger partial charge >= 0.3 is 0 Å². The zero-order valence-corrected chi connectivity index (χ0v) is 19.6. The second-order valence-electron chi connectivity index (χ2n) is 8.54. The average molecular weight is 490 g/mol. The minimum absolute atomic E-state index is 0.00381. The number of non-ortho nitro benzene ring substituents is 1. The number of hydrogen-bond donors (Lipinski definition) is 2. The lowest BCUT2D eigenvalue weighted by atomic mass is 9.96. The summed E-state index contributed by atoms with van der Waals surface area (Å²) in [5, 5.41) is 19.3. The Hall–Kier alpha value is -3.89. The first-order chi connectivity index (χ1) is 17.0. The quantitative estimate of drug-likeness (QED) is 0.301. The Morgan fingerprint density at radius 1 is 1.06 bits per heavy atom. The molecule has 1 aliphatic rings. The lowest BCUT2D eigenvalue weighted by Gasteiger charge is -2.30. The molecule has 9 nitrogen and oxygen atoms in total. The van der Waals surface area contributed by atoms with Crippen molar-refractivity contribution < 1.29 is 14.5 Å². The SMILES string of the molecule is O=C(CN1CCC(C(=O)Nc2nc3ccc([N+](=O)[O-])cc3s2)CC1)Nc1cccc2ccccc12. The van der Waals surface area contributed by atoms with E-state index in [4.69, 9.17) is 0 Å². The summed E-state index contributed by atoms with van der Waals surface area (Å²) in [6, 6.07) is 18.2. The largest absolute Gasteiger partial charge is 0.324 e. The number of benzene rings is 3.